The fraction of sp³-hybridized carbons (Fsp3) is 0.643. The molecule has 0 aromatic carbocycles. The van der Waals surface area contributed by atoms with Crippen LogP contribution in [0.15, 0.2) is 6.07 Å². The summed E-state index contributed by atoms with van der Waals surface area (Å²) in [4.78, 5) is 4.49. The van der Waals surface area contributed by atoms with Gasteiger partial charge in [-0.1, -0.05) is 43.5 Å². The van der Waals surface area contributed by atoms with Crippen LogP contribution in [-0.4, -0.2) is 17.1 Å². The molecule has 0 atom stereocenters. The van der Waals surface area contributed by atoms with Gasteiger partial charge in [0.25, 0.3) is 0 Å². The van der Waals surface area contributed by atoms with Gasteiger partial charge >= 0.3 is 0 Å². The maximum Gasteiger partial charge on any atom is 0.147 e. The largest absolute Gasteiger partial charge is 0.369 e. The van der Waals surface area contributed by atoms with Gasteiger partial charge in [0.1, 0.15) is 11.6 Å². The van der Waals surface area contributed by atoms with Gasteiger partial charge in [0.15, 0.2) is 0 Å². The van der Waals surface area contributed by atoms with E-state index in [0.29, 0.717) is 21.7 Å². The van der Waals surface area contributed by atoms with E-state index < -0.39 is 0 Å². The molecule has 0 aliphatic heterocycles. The van der Waals surface area contributed by atoms with E-state index in [1.165, 1.54) is 0 Å². The molecule has 2 N–H and O–H groups in total. The third-order valence-corrected chi connectivity index (χ3v) is 3.38. The van der Waals surface area contributed by atoms with E-state index >= 15 is 0 Å². The summed E-state index contributed by atoms with van der Waals surface area (Å²) in [6.07, 6.45) is 3.17. The maximum atomic E-state index is 6.20. The summed E-state index contributed by atoms with van der Waals surface area (Å²) in [5.41, 5.74) is -0.0404. The SMILES string of the molecule is CCCNc1nc(NC(C)(C)CCC)c(Cl)cc1Cl. The van der Waals surface area contributed by atoms with Crippen LogP contribution in [0.2, 0.25) is 10.0 Å². The van der Waals surface area contributed by atoms with Crippen molar-refractivity contribution in [3.05, 3.63) is 16.1 Å². The number of hydrogen-bond acceptors (Lipinski definition) is 3. The number of rotatable bonds is 7. The zero-order valence-corrected chi connectivity index (χ0v) is 13.6. The van der Waals surface area contributed by atoms with Crippen LogP contribution in [0.25, 0.3) is 0 Å². The first-order chi connectivity index (χ1) is 8.89. The van der Waals surface area contributed by atoms with Crippen molar-refractivity contribution in [1.29, 1.82) is 0 Å². The molecule has 0 saturated heterocycles. The Morgan fingerprint density at radius 2 is 1.74 bits per heavy atom. The van der Waals surface area contributed by atoms with Gasteiger partial charge in [0.05, 0.1) is 10.0 Å². The Hall–Kier alpha value is -0.670. The predicted octanol–water partition coefficient (Wildman–Crippen LogP) is 5.20. The van der Waals surface area contributed by atoms with Crippen LogP contribution in [0, 0.1) is 0 Å². The number of aromatic nitrogens is 1. The molecule has 0 fully saturated rings. The second-order valence-electron chi connectivity index (χ2n) is 5.33. The van der Waals surface area contributed by atoms with E-state index in [1.54, 1.807) is 6.07 Å². The van der Waals surface area contributed by atoms with Crippen LogP contribution < -0.4 is 10.6 Å². The summed E-state index contributed by atoms with van der Waals surface area (Å²) in [6.45, 7) is 9.38. The molecule has 1 aromatic heterocycles. The van der Waals surface area contributed by atoms with Gasteiger partial charge in [0.2, 0.25) is 0 Å². The molecule has 0 saturated carbocycles. The van der Waals surface area contributed by atoms with Crippen molar-refractivity contribution in [3.8, 4) is 0 Å². The summed E-state index contributed by atoms with van der Waals surface area (Å²) in [5.74, 6) is 1.37. The van der Waals surface area contributed by atoms with Crippen LogP contribution in [0.5, 0.6) is 0 Å². The average molecular weight is 304 g/mol. The molecule has 19 heavy (non-hydrogen) atoms. The first kappa shape index (κ1) is 16.4. The highest BCUT2D eigenvalue weighted by Gasteiger charge is 2.19. The Bertz CT molecular complexity index is 419. The van der Waals surface area contributed by atoms with Crippen LogP contribution in [0.4, 0.5) is 11.6 Å². The second-order valence-corrected chi connectivity index (χ2v) is 6.15. The van der Waals surface area contributed by atoms with Crippen LogP contribution in [-0.2, 0) is 0 Å². The zero-order chi connectivity index (χ0) is 14.5. The minimum Gasteiger partial charge on any atom is -0.369 e. The minimum absolute atomic E-state index is 0.0404. The number of halogens is 2. The highest BCUT2D eigenvalue weighted by atomic mass is 35.5. The molecule has 1 rings (SSSR count). The molecule has 0 spiro atoms. The summed E-state index contributed by atoms with van der Waals surface area (Å²) in [6, 6.07) is 1.73. The van der Waals surface area contributed by atoms with Crippen molar-refractivity contribution < 1.29 is 0 Å². The van der Waals surface area contributed by atoms with Crippen LogP contribution >= 0.6 is 23.2 Å². The van der Waals surface area contributed by atoms with E-state index in [4.69, 9.17) is 23.2 Å². The van der Waals surface area contributed by atoms with Crippen molar-refractivity contribution in [2.75, 3.05) is 17.2 Å². The number of pyridine rings is 1. The number of hydrogen-bond donors (Lipinski definition) is 2. The lowest BCUT2D eigenvalue weighted by Gasteiger charge is -2.27. The van der Waals surface area contributed by atoms with E-state index in [9.17, 15) is 0 Å². The van der Waals surface area contributed by atoms with Gasteiger partial charge in [-0.2, -0.15) is 0 Å². The van der Waals surface area contributed by atoms with Crippen molar-refractivity contribution >= 4 is 34.8 Å². The maximum absolute atomic E-state index is 6.20. The van der Waals surface area contributed by atoms with Crippen molar-refractivity contribution in [2.24, 2.45) is 0 Å². The fourth-order valence-electron chi connectivity index (χ4n) is 1.93. The molecule has 1 aromatic rings. The Balaban J connectivity index is 2.94. The molecule has 0 unspecified atom stereocenters. The van der Waals surface area contributed by atoms with Crippen LogP contribution in [0.1, 0.15) is 47.0 Å². The van der Waals surface area contributed by atoms with Gasteiger partial charge in [-0.25, -0.2) is 4.98 Å². The quantitative estimate of drug-likeness (QED) is 0.727. The molecule has 5 heteroatoms. The van der Waals surface area contributed by atoms with Crippen molar-refractivity contribution in [1.82, 2.24) is 4.98 Å². The average Bonchev–Trinajstić information content (AvgIpc) is 2.31. The lowest BCUT2D eigenvalue weighted by molar-refractivity contribution is 0.509. The second kappa shape index (κ2) is 7.20. The highest BCUT2D eigenvalue weighted by Crippen LogP contribution is 2.31. The first-order valence-corrected chi connectivity index (χ1v) is 7.53. The van der Waals surface area contributed by atoms with Crippen molar-refractivity contribution in [2.45, 2.75) is 52.5 Å². The van der Waals surface area contributed by atoms with Gasteiger partial charge in [-0.05, 0) is 32.8 Å². The molecule has 0 radical (unpaired) electrons. The van der Waals surface area contributed by atoms with Crippen LogP contribution in [0.3, 0.4) is 0 Å². The van der Waals surface area contributed by atoms with Crippen molar-refractivity contribution in [3.63, 3.8) is 0 Å². The third kappa shape index (κ3) is 5.07. The van der Waals surface area contributed by atoms with Gasteiger partial charge in [0, 0.05) is 12.1 Å². The molecule has 0 aliphatic rings. The summed E-state index contributed by atoms with van der Waals surface area (Å²) in [7, 11) is 0. The highest BCUT2D eigenvalue weighted by molar-refractivity contribution is 6.37. The molecule has 0 aliphatic carbocycles. The third-order valence-electron chi connectivity index (χ3n) is 2.80. The van der Waals surface area contributed by atoms with Gasteiger partial charge in [-0.3, -0.25) is 0 Å². The molecule has 0 amide bonds. The lowest BCUT2D eigenvalue weighted by Crippen LogP contribution is -2.31. The summed E-state index contributed by atoms with van der Waals surface area (Å²) in [5, 5.41) is 7.70. The number of nitrogens with zero attached hydrogens (tertiary/aromatic N) is 1. The molecule has 3 nitrogen and oxygen atoms in total. The Kier molecular flexibility index (Phi) is 6.21. The monoisotopic (exact) mass is 303 g/mol. The van der Waals surface area contributed by atoms with Gasteiger partial charge < -0.3 is 10.6 Å². The normalized spacial score (nSPS) is 11.5. The van der Waals surface area contributed by atoms with Gasteiger partial charge in [-0.15, -0.1) is 0 Å². The molecular weight excluding hydrogens is 281 g/mol. The number of anilines is 2. The molecule has 1 heterocycles. The smallest absolute Gasteiger partial charge is 0.147 e. The van der Waals surface area contributed by atoms with E-state index in [0.717, 1.165) is 25.8 Å². The Labute approximate surface area is 126 Å². The van der Waals surface area contributed by atoms with E-state index in [2.05, 4.69) is 43.3 Å². The Morgan fingerprint density at radius 3 is 2.32 bits per heavy atom. The lowest BCUT2D eigenvalue weighted by atomic mass is 9.99. The molecule has 0 bridgehead atoms. The number of nitrogens with one attached hydrogen (secondary N) is 2. The minimum atomic E-state index is -0.0404. The molecule has 108 valence electrons. The summed E-state index contributed by atoms with van der Waals surface area (Å²) >= 11 is 12.3. The fourth-order valence-corrected chi connectivity index (χ4v) is 2.40. The first-order valence-electron chi connectivity index (χ1n) is 6.77. The topological polar surface area (TPSA) is 37.0 Å². The molecular formula is C14H23Cl2N3. The zero-order valence-electron chi connectivity index (χ0n) is 12.1. The summed E-state index contributed by atoms with van der Waals surface area (Å²) < 4.78 is 0. The predicted molar refractivity (Wildman–Crippen MR) is 85.6 cm³/mol. The Morgan fingerprint density at radius 1 is 1.11 bits per heavy atom. The standard InChI is InChI=1S/C14H23Cl2N3/c1-5-7-14(3,4)19-13-11(16)9-10(15)12(18-13)17-8-6-2/h9H,5-8H2,1-4H3,(H2,17,18,19). The van der Waals surface area contributed by atoms with E-state index in [-0.39, 0.29) is 5.54 Å². The van der Waals surface area contributed by atoms with E-state index in [1.807, 2.05) is 0 Å².